The second kappa shape index (κ2) is 4.72. The molecule has 0 aliphatic rings. The van der Waals surface area contributed by atoms with Crippen LogP contribution in [0.1, 0.15) is 5.89 Å². The molecule has 1 heterocycles. The molecule has 3 heteroatoms. The van der Waals surface area contributed by atoms with Crippen LogP contribution in [0.25, 0.3) is 5.57 Å². The Labute approximate surface area is 82.1 Å². The third-order valence-corrected chi connectivity index (χ3v) is 2.21. The maximum absolute atomic E-state index is 5.17. The topological polar surface area (TPSA) is 26.0 Å². The largest absolute Gasteiger partial charge is 0.444 e. The molecule has 0 spiro atoms. The summed E-state index contributed by atoms with van der Waals surface area (Å²) in [6.45, 7) is 7.53. The Morgan fingerprint density at radius 2 is 2.46 bits per heavy atom. The molecule has 1 aromatic heterocycles. The van der Waals surface area contributed by atoms with E-state index < -0.39 is 0 Å². The number of aromatic nitrogens is 1. The van der Waals surface area contributed by atoms with Crippen LogP contribution >= 0.6 is 11.8 Å². The van der Waals surface area contributed by atoms with Gasteiger partial charge in [-0.1, -0.05) is 19.2 Å². The maximum Gasteiger partial charge on any atom is 0.226 e. The Bertz CT molecular complexity index is 325. The minimum absolute atomic E-state index is 0.583. The molecule has 0 N–H and O–H groups in total. The average molecular weight is 193 g/mol. The van der Waals surface area contributed by atoms with Crippen molar-refractivity contribution in [2.75, 3.05) is 6.26 Å². The van der Waals surface area contributed by atoms with Crippen LogP contribution in [-0.2, 0) is 0 Å². The molecule has 68 valence electrons. The number of hydrogen-bond acceptors (Lipinski definition) is 3. The summed E-state index contributed by atoms with van der Waals surface area (Å²) in [5.41, 5.74) is 0.882. The van der Waals surface area contributed by atoms with Crippen LogP contribution in [0, 0.1) is 0 Å². The highest BCUT2D eigenvalue weighted by atomic mass is 32.2. The summed E-state index contributed by atoms with van der Waals surface area (Å²) < 4.78 is 5.17. The molecule has 0 aliphatic carbocycles. The molecule has 0 aromatic carbocycles. The van der Waals surface area contributed by atoms with Crippen LogP contribution in [0.3, 0.4) is 0 Å². The molecule has 1 rings (SSSR count). The van der Waals surface area contributed by atoms with Crippen molar-refractivity contribution in [1.29, 1.82) is 0 Å². The fraction of sp³-hybridized carbons (Fsp3) is 0.100. The molecular formula is C10H11NOS. The summed E-state index contributed by atoms with van der Waals surface area (Å²) in [7, 11) is 0. The predicted octanol–water partition coefficient (Wildman–Crippen LogP) is 3.12. The highest BCUT2D eigenvalue weighted by Gasteiger charge is 2.08. The molecule has 1 aromatic rings. The quantitative estimate of drug-likeness (QED) is 0.687. The minimum Gasteiger partial charge on any atom is -0.444 e. The number of nitrogens with zero attached hydrogens (tertiary/aromatic N) is 1. The van der Waals surface area contributed by atoms with E-state index in [1.54, 1.807) is 30.3 Å². The van der Waals surface area contributed by atoms with Crippen molar-refractivity contribution < 1.29 is 4.42 Å². The first-order chi connectivity index (χ1) is 6.29. The van der Waals surface area contributed by atoms with Crippen molar-refractivity contribution in [2.45, 2.75) is 0 Å². The fourth-order valence-corrected chi connectivity index (χ4v) is 1.24. The molecule has 13 heavy (non-hydrogen) atoms. The molecule has 0 saturated heterocycles. The summed E-state index contributed by atoms with van der Waals surface area (Å²) in [5.74, 6) is 0.583. The monoisotopic (exact) mass is 193 g/mol. The first-order valence-corrected chi connectivity index (χ1v) is 4.98. The molecular weight excluding hydrogens is 182 g/mol. The van der Waals surface area contributed by atoms with Gasteiger partial charge in [0.1, 0.15) is 6.26 Å². The molecule has 0 aliphatic heterocycles. The summed E-state index contributed by atoms with van der Waals surface area (Å²) in [6, 6.07) is 0. The van der Waals surface area contributed by atoms with Gasteiger partial charge in [0, 0.05) is 4.91 Å². The van der Waals surface area contributed by atoms with E-state index in [9.17, 15) is 0 Å². The molecule has 0 unspecified atom stereocenters. The number of rotatable bonds is 4. The molecule has 0 radical (unpaired) electrons. The Kier molecular flexibility index (Phi) is 3.58. The van der Waals surface area contributed by atoms with Gasteiger partial charge in [0.05, 0.1) is 11.8 Å². The van der Waals surface area contributed by atoms with E-state index in [-0.39, 0.29) is 0 Å². The number of allylic oxidation sites excluding steroid dienone is 3. The molecule has 0 atom stereocenters. The van der Waals surface area contributed by atoms with Crippen molar-refractivity contribution in [3.05, 3.63) is 48.6 Å². The summed E-state index contributed by atoms with van der Waals surface area (Å²) >= 11 is 1.56. The lowest BCUT2D eigenvalue weighted by atomic mass is 10.2. The Morgan fingerprint density at radius 3 is 2.92 bits per heavy atom. The first-order valence-electron chi connectivity index (χ1n) is 3.75. The fourth-order valence-electron chi connectivity index (χ4n) is 0.868. The van der Waals surface area contributed by atoms with Crippen molar-refractivity contribution >= 4 is 17.3 Å². The van der Waals surface area contributed by atoms with E-state index in [1.807, 2.05) is 12.3 Å². The third-order valence-electron chi connectivity index (χ3n) is 1.49. The SMILES string of the molecule is C=C/C=C(\C(=C)SC)c1ncco1. The van der Waals surface area contributed by atoms with Crippen LogP contribution in [0.15, 0.2) is 47.1 Å². The normalized spacial score (nSPS) is 11.3. The van der Waals surface area contributed by atoms with Crippen molar-refractivity contribution in [3.8, 4) is 0 Å². The van der Waals surface area contributed by atoms with Gasteiger partial charge in [-0.3, -0.25) is 0 Å². The van der Waals surface area contributed by atoms with Gasteiger partial charge in [0.15, 0.2) is 0 Å². The van der Waals surface area contributed by atoms with Gasteiger partial charge < -0.3 is 4.42 Å². The Hall–Kier alpha value is -1.22. The number of hydrogen-bond donors (Lipinski definition) is 0. The van der Waals surface area contributed by atoms with Crippen molar-refractivity contribution in [1.82, 2.24) is 4.98 Å². The highest BCUT2D eigenvalue weighted by molar-refractivity contribution is 8.02. The van der Waals surface area contributed by atoms with Crippen LogP contribution < -0.4 is 0 Å². The van der Waals surface area contributed by atoms with Gasteiger partial charge in [0.25, 0.3) is 0 Å². The second-order valence-corrected chi connectivity index (χ2v) is 3.18. The third kappa shape index (κ3) is 2.36. The lowest BCUT2D eigenvalue weighted by molar-refractivity contribution is 0.543. The van der Waals surface area contributed by atoms with Crippen LogP contribution in [0.5, 0.6) is 0 Å². The smallest absolute Gasteiger partial charge is 0.226 e. The minimum atomic E-state index is 0.583. The van der Waals surface area contributed by atoms with E-state index in [0.29, 0.717) is 5.89 Å². The van der Waals surface area contributed by atoms with E-state index in [1.165, 1.54) is 0 Å². The van der Waals surface area contributed by atoms with Crippen LogP contribution in [0.4, 0.5) is 0 Å². The van der Waals surface area contributed by atoms with Gasteiger partial charge >= 0.3 is 0 Å². The lowest BCUT2D eigenvalue weighted by Crippen LogP contribution is -1.84. The average Bonchev–Trinajstić information content (AvgIpc) is 2.65. The van der Waals surface area contributed by atoms with Crippen molar-refractivity contribution in [3.63, 3.8) is 0 Å². The van der Waals surface area contributed by atoms with Crippen molar-refractivity contribution in [2.24, 2.45) is 0 Å². The predicted molar refractivity (Wildman–Crippen MR) is 57.3 cm³/mol. The van der Waals surface area contributed by atoms with Crippen LogP contribution in [0.2, 0.25) is 0 Å². The van der Waals surface area contributed by atoms with E-state index >= 15 is 0 Å². The Balaban J connectivity index is 3.01. The molecule has 0 fully saturated rings. The summed E-state index contributed by atoms with van der Waals surface area (Å²) in [4.78, 5) is 4.97. The lowest BCUT2D eigenvalue weighted by Gasteiger charge is -2.02. The van der Waals surface area contributed by atoms with Gasteiger partial charge in [-0.2, -0.15) is 0 Å². The molecule has 0 bridgehead atoms. The molecule has 0 amide bonds. The first kappa shape index (κ1) is 9.86. The zero-order valence-corrected chi connectivity index (χ0v) is 8.30. The zero-order chi connectivity index (χ0) is 9.68. The summed E-state index contributed by atoms with van der Waals surface area (Å²) in [6.07, 6.45) is 8.65. The number of thioether (sulfide) groups is 1. The second-order valence-electron chi connectivity index (χ2n) is 2.28. The maximum atomic E-state index is 5.17. The molecule has 0 saturated carbocycles. The van der Waals surface area contributed by atoms with Gasteiger partial charge in [-0.25, -0.2) is 4.98 Å². The number of oxazole rings is 1. The van der Waals surface area contributed by atoms with Gasteiger partial charge in [-0.05, 0) is 12.3 Å². The Morgan fingerprint density at radius 1 is 1.69 bits per heavy atom. The summed E-state index contributed by atoms with van der Waals surface area (Å²) in [5, 5.41) is 0. The van der Waals surface area contributed by atoms with Crippen LogP contribution in [-0.4, -0.2) is 11.2 Å². The van der Waals surface area contributed by atoms with Gasteiger partial charge in [0.2, 0.25) is 5.89 Å². The molecule has 2 nitrogen and oxygen atoms in total. The van der Waals surface area contributed by atoms with E-state index in [2.05, 4.69) is 18.1 Å². The van der Waals surface area contributed by atoms with Gasteiger partial charge in [-0.15, -0.1) is 11.8 Å². The van der Waals surface area contributed by atoms with E-state index in [4.69, 9.17) is 4.42 Å². The van der Waals surface area contributed by atoms with E-state index in [0.717, 1.165) is 10.5 Å². The zero-order valence-electron chi connectivity index (χ0n) is 7.49. The standard InChI is InChI=1S/C10H11NOS/c1-4-5-9(8(2)13-3)10-11-6-7-12-10/h4-7H,1-2H2,3H3/b9-5+. The highest BCUT2D eigenvalue weighted by Crippen LogP contribution is 2.27.